The highest BCUT2D eigenvalue weighted by Gasteiger charge is 2.17. The molecule has 0 aliphatic carbocycles. The van der Waals surface area contributed by atoms with Gasteiger partial charge in [-0.1, -0.05) is 26.8 Å². The number of nitrogens with zero attached hydrogens (tertiary/aromatic N) is 1. The van der Waals surface area contributed by atoms with Crippen LogP contribution in [0.15, 0.2) is 18.2 Å². The molecular weight excluding hydrogens is 264 g/mol. The number of carbonyl (C=O) groups excluding carboxylic acids is 1. The lowest BCUT2D eigenvalue weighted by molar-refractivity contribution is 0.0523. The van der Waals surface area contributed by atoms with Crippen molar-refractivity contribution in [2.75, 3.05) is 0 Å². The minimum Gasteiger partial charge on any atom is -0.444 e. The lowest BCUT2D eigenvalue weighted by Gasteiger charge is -2.21. The molecule has 0 aromatic heterocycles. The first-order chi connectivity index (χ1) is 9.51. The zero-order valence-corrected chi connectivity index (χ0v) is 13.7. The van der Waals surface area contributed by atoms with Gasteiger partial charge >= 0.3 is 6.09 Å². The second-order valence-electron chi connectivity index (χ2n) is 7.14. The second kappa shape index (κ2) is 6.17. The molecule has 0 saturated carbocycles. The molecule has 0 unspecified atom stereocenters. The predicted molar refractivity (Wildman–Crippen MR) is 82.9 cm³/mol. The molecule has 1 rings (SSSR count). The molecular formula is C17H24N2O2. The maximum atomic E-state index is 11.7. The van der Waals surface area contributed by atoms with Crippen molar-refractivity contribution >= 4 is 6.09 Å². The Bertz CT molecular complexity index is 558. The third-order valence-electron chi connectivity index (χ3n) is 2.82. The summed E-state index contributed by atoms with van der Waals surface area (Å²) in [4.78, 5) is 11.7. The van der Waals surface area contributed by atoms with Crippen molar-refractivity contribution in [1.82, 2.24) is 5.32 Å². The first-order valence-electron chi connectivity index (χ1n) is 7.03. The molecule has 0 fully saturated rings. The Labute approximate surface area is 127 Å². The average Bonchev–Trinajstić information content (AvgIpc) is 2.33. The summed E-state index contributed by atoms with van der Waals surface area (Å²) in [7, 11) is 0. The topological polar surface area (TPSA) is 62.1 Å². The summed E-state index contributed by atoms with van der Waals surface area (Å²) in [5.41, 5.74) is 2.00. The van der Waals surface area contributed by atoms with Crippen molar-refractivity contribution in [3.63, 3.8) is 0 Å². The number of rotatable bonds is 2. The van der Waals surface area contributed by atoms with Gasteiger partial charge in [-0.2, -0.15) is 5.26 Å². The van der Waals surface area contributed by atoms with Crippen molar-refractivity contribution < 1.29 is 9.53 Å². The number of benzene rings is 1. The van der Waals surface area contributed by atoms with Crippen molar-refractivity contribution in [2.45, 2.75) is 59.1 Å². The first-order valence-corrected chi connectivity index (χ1v) is 7.03. The third-order valence-corrected chi connectivity index (χ3v) is 2.82. The van der Waals surface area contributed by atoms with Crippen LogP contribution in [0.5, 0.6) is 0 Å². The number of hydrogen-bond acceptors (Lipinski definition) is 3. The smallest absolute Gasteiger partial charge is 0.407 e. The highest BCUT2D eigenvalue weighted by atomic mass is 16.6. The van der Waals surface area contributed by atoms with Gasteiger partial charge < -0.3 is 10.1 Å². The van der Waals surface area contributed by atoms with Crippen LogP contribution < -0.4 is 5.32 Å². The fourth-order valence-corrected chi connectivity index (χ4v) is 1.78. The van der Waals surface area contributed by atoms with E-state index < -0.39 is 11.7 Å². The summed E-state index contributed by atoms with van der Waals surface area (Å²) in [6.45, 7) is 12.1. The maximum Gasteiger partial charge on any atom is 0.407 e. The van der Waals surface area contributed by atoms with Gasteiger partial charge in [0, 0.05) is 6.54 Å². The molecule has 1 N–H and O–H groups in total. The van der Waals surface area contributed by atoms with Crippen LogP contribution in [-0.2, 0) is 16.7 Å². The van der Waals surface area contributed by atoms with Crippen molar-refractivity contribution in [3.05, 3.63) is 34.9 Å². The summed E-state index contributed by atoms with van der Waals surface area (Å²) in [6.07, 6.45) is -0.456. The minimum absolute atomic E-state index is 0.0481. The normalized spacial score (nSPS) is 11.7. The zero-order valence-electron chi connectivity index (χ0n) is 13.7. The average molecular weight is 288 g/mol. The standard InChI is InChI=1S/C17H24N2O2/c1-16(2,3)14-8-12(10-18)7-13(9-14)11-19-15(20)21-17(4,5)6/h7-9H,11H2,1-6H3,(H,19,20). The fraction of sp³-hybridized carbons (Fsp3) is 0.529. The maximum absolute atomic E-state index is 11.7. The van der Waals surface area contributed by atoms with E-state index in [0.717, 1.165) is 11.1 Å². The van der Waals surface area contributed by atoms with Gasteiger partial charge in [0.2, 0.25) is 0 Å². The summed E-state index contributed by atoms with van der Waals surface area (Å²) < 4.78 is 5.20. The van der Waals surface area contributed by atoms with Crippen LogP contribution in [0.4, 0.5) is 4.79 Å². The van der Waals surface area contributed by atoms with E-state index in [1.54, 1.807) is 6.07 Å². The molecule has 1 aromatic rings. The van der Waals surface area contributed by atoms with E-state index >= 15 is 0 Å². The van der Waals surface area contributed by atoms with Gasteiger partial charge in [-0.25, -0.2) is 4.79 Å². The number of hydrogen-bond donors (Lipinski definition) is 1. The summed E-state index contributed by atoms with van der Waals surface area (Å²) in [5.74, 6) is 0. The number of ether oxygens (including phenoxy) is 1. The van der Waals surface area contributed by atoms with E-state index in [1.165, 1.54) is 0 Å². The fourth-order valence-electron chi connectivity index (χ4n) is 1.78. The van der Waals surface area contributed by atoms with Crippen LogP contribution in [0.1, 0.15) is 58.2 Å². The Kier molecular flexibility index (Phi) is 5.01. The monoisotopic (exact) mass is 288 g/mol. The van der Waals surface area contributed by atoms with Crippen LogP contribution in [0.2, 0.25) is 0 Å². The molecule has 1 amide bonds. The minimum atomic E-state index is -0.519. The highest BCUT2D eigenvalue weighted by Crippen LogP contribution is 2.24. The van der Waals surface area contributed by atoms with Gasteiger partial charge in [0.1, 0.15) is 5.60 Å². The van der Waals surface area contributed by atoms with E-state index in [2.05, 4.69) is 32.2 Å². The van der Waals surface area contributed by atoms with Crippen molar-refractivity contribution in [1.29, 1.82) is 5.26 Å². The molecule has 0 aliphatic heterocycles. The molecule has 0 atom stereocenters. The van der Waals surface area contributed by atoms with E-state index in [0.29, 0.717) is 12.1 Å². The van der Waals surface area contributed by atoms with E-state index in [1.807, 2.05) is 32.9 Å². The number of nitrogens with one attached hydrogen (secondary N) is 1. The van der Waals surface area contributed by atoms with E-state index in [-0.39, 0.29) is 5.41 Å². The van der Waals surface area contributed by atoms with Gasteiger partial charge in [0.05, 0.1) is 11.6 Å². The number of nitriles is 1. The summed E-state index contributed by atoms with van der Waals surface area (Å²) >= 11 is 0. The van der Waals surface area contributed by atoms with Gasteiger partial charge in [0.25, 0.3) is 0 Å². The van der Waals surface area contributed by atoms with Crippen LogP contribution >= 0.6 is 0 Å². The molecule has 0 aliphatic rings. The highest BCUT2D eigenvalue weighted by molar-refractivity contribution is 5.67. The van der Waals surface area contributed by atoms with E-state index in [4.69, 9.17) is 10.00 Å². The van der Waals surface area contributed by atoms with Gasteiger partial charge in [-0.3, -0.25) is 0 Å². The van der Waals surface area contributed by atoms with Gasteiger partial charge in [-0.05, 0) is 49.4 Å². The molecule has 4 nitrogen and oxygen atoms in total. The van der Waals surface area contributed by atoms with Crippen molar-refractivity contribution in [3.8, 4) is 6.07 Å². The van der Waals surface area contributed by atoms with Gasteiger partial charge in [0.15, 0.2) is 0 Å². The quantitative estimate of drug-likeness (QED) is 0.898. The largest absolute Gasteiger partial charge is 0.444 e. The Morgan fingerprint density at radius 3 is 2.29 bits per heavy atom. The molecule has 21 heavy (non-hydrogen) atoms. The summed E-state index contributed by atoms with van der Waals surface area (Å²) in [5, 5.41) is 11.8. The lowest BCUT2D eigenvalue weighted by Crippen LogP contribution is -2.32. The van der Waals surface area contributed by atoms with E-state index in [9.17, 15) is 4.79 Å². The molecule has 114 valence electrons. The molecule has 4 heteroatoms. The number of alkyl carbamates (subject to hydrolysis) is 1. The number of amides is 1. The van der Waals surface area contributed by atoms with Crippen LogP contribution in [0.3, 0.4) is 0 Å². The van der Waals surface area contributed by atoms with Gasteiger partial charge in [-0.15, -0.1) is 0 Å². The molecule has 0 saturated heterocycles. The third kappa shape index (κ3) is 5.86. The lowest BCUT2D eigenvalue weighted by atomic mass is 9.85. The Morgan fingerprint density at radius 2 is 1.81 bits per heavy atom. The molecule has 0 spiro atoms. The molecule has 0 heterocycles. The summed E-state index contributed by atoms with van der Waals surface area (Å²) in [6, 6.07) is 7.84. The van der Waals surface area contributed by atoms with Crippen LogP contribution in [0, 0.1) is 11.3 Å². The molecule has 0 radical (unpaired) electrons. The first kappa shape index (κ1) is 17.0. The Balaban J connectivity index is 2.85. The molecule has 1 aromatic carbocycles. The predicted octanol–water partition coefficient (Wildman–Crippen LogP) is 3.88. The Hall–Kier alpha value is -2.02. The number of carbonyl (C=O) groups is 1. The van der Waals surface area contributed by atoms with Crippen LogP contribution in [0.25, 0.3) is 0 Å². The zero-order chi connectivity index (χ0) is 16.3. The molecule has 0 bridgehead atoms. The SMILES string of the molecule is CC(C)(C)OC(=O)NCc1cc(C#N)cc(C(C)(C)C)c1. The second-order valence-corrected chi connectivity index (χ2v) is 7.14. The van der Waals surface area contributed by atoms with Crippen molar-refractivity contribution in [2.24, 2.45) is 0 Å². The Morgan fingerprint density at radius 1 is 1.19 bits per heavy atom. The van der Waals surface area contributed by atoms with Crippen LogP contribution in [-0.4, -0.2) is 11.7 Å².